The number of amides is 1. The van der Waals surface area contributed by atoms with E-state index < -0.39 is 18.0 Å². The third kappa shape index (κ3) is 3.70. The lowest BCUT2D eigenvalue weighted by Gasteiger charge is -2.34. The first-order valence-electron chi connectivity index (χ1n) is 6.76. The number of hydrogen-bond donors (Lipinski definition) is 3. The highest BCUT2D eigenvalue weighted by atomic mass is 35.5. The molecule has 2 rings (SSSR count). The summed E-state index contributed by atoms with van der Waals surface area (Å²) < 4.78 is 0. The first kappa shape index (κ1) is 16.2. The van der Waals surface area contributed by atoms with Crippen LogP contribution < -0.4 is 5.73 Å². The molecule has 22 heavy (non-hydrogen) atoms. The van der Waals surface area contributed by atoms with Gasteiger partial charge in [-0.3, -0.25) is 0 Å². The van der Waals surface area contributed by atoms with Gasteiger partial charge in [0, 0.05) is 18.8 Å². The molecule has 1 aliphatic heterocycles. The molecular formula is C13H17ClN4O4. The van der Waals surface area contributed by atoms with E-state index in [9.17, 15) is 9.59 Å². The molecule has 1 aliphatic rings. The van der Waals surface area contributed by atoms with Crippen molar-refractivity contribution in [2.45, 2.75) is 25.8 Å². The minimum absolute atomic E-state index is 0.0143. The highest BCUT2D eigenvalue weighted by molar-refractivity contribution is 6.31. The second-order valence-electron chi connectivity index (χ2n) is 5.18. The number of carbonyl (C=O) groups is 2. The number of nitrogens with one attached hydrogen (secondary N) is 1. The maximum Gasteiger partial charge on any atom is 0.407 e. The molecule has 1 amide bonds. The Morgan fingerprint density at radius 1 is 1.55 bits per heavy atom. The Kier molecular flexibility index (Phi) is 4.92. The molecule has 1 unspecified atom stereocenters. The van der Waals surface area contributed by atoms with Crippen molar-refractivity contribution in [1.82, 2.24) is 9.88 Å². The second kappa shape index (κ2) is 6.69. The average Bonchev–Trinajstić information content (AvgIpc) is 2.91. The molecule has 0 spiro atoms. The average molecular weight is 329 g/mol. The largest absolute Gasteiger partial charge is 0.465 e. The molecule has 2 heterocycles. The SMILES string of the molecule is C[C@@H]1CCC(C(=O)O/N=C(/N)c2cc(Cl)c[nH]2)CN1C(=O)O. The third-order valence-corrected chi connectivity index (χ3v) is 3.84. The van der Waals surface area contributed by atoms with Gasteiger partial charge in [0.15, 0.2) is 5.84 Å². The summed E-state index contributed by atoms with van der Waals surface area (Å²) >= 11 is 5.74. The number of nitrogens with two attached hydrogens (primary N) is 1. The van der Waals surface area contributed by atoms with Crippen molar-refractivity contribution >= 4 is 29.5 Å². The molecule has 8 nitrogen and oxygen atoms in total. The molecule has 1 fully saturated rings. The molecule has 9 heteroatoms. The maximum absolute atomic E-state index is 12.0. The fourth-order valence-corrected chi connectivity index (χ4v) is 2.46. The van der Waals surface area contributed by atoms with Crippen LogP contribution in [0.5, 0.6) is 0 Å². The quantitative estimate of drug-likeness (QED) is 0.337. The van der Waals surface area contributed by atoms with E-state index in [-0.39, 0.29) is 18.4 Å². The van der Waals surface area contributed by atoms with E-state index in [0.717, 1.165) is 0 Å². The van der Waals surface area contributed by atoms with Crippen LogP contribution in [-0.4, -0.2) is 45.5 Å². The van der Waals surface area contributed by atoms with Crippen LogP contribution in [-0.2, 0) is 9.63 Å². The van der Waals surface area contributed by atoms with Gasteiger partial charge in [-0.15, -0.1) is 0 Å². The number of H-pyrrole nitrogens is 1. The fourth-order valence-electron chi connectivity index (χ4n) is 2.30. The van der Waals surface area contributed by atoms with Crippen LogP contribution in [0, 0.1) is 5.92 Å². The number of rotatable bonds is 3. The number of aromatic nitrogens is 1. The summed E-state index contributed by atoms with van der Waals surface area (Å²) in [6.45, 7) is 1.90. The van der Waals surface area contributed by atoms with Crippen LogP contribution in [0.15, 0.2) is 17.4 Å². The van der Waals surface area contributed by atoms with Crippen molar-refractivity contribution < 1.29 is 19.5 Å². The number of oxime groups is 1. The van der Waals surface area contributed by atoms with Crippen molar-refractivity contribution in [3.63, 3.8) is 0 Å². The van der Waals surface area contributed by atoms with Crippen molar-refractivity contribution in [3.8, 4) is 0 Å². The highest BCUT2D eigenvalue weighted by Crippen LogP contribution is 2.23. The maximum atomic E-state index is 12.0. The van der Waals surface area contributed by atoms with Crippen molar-refractivity contribution in [3.05, 3.63) is 23.0 Å². The van der Waals surface area contributed by atoms with E-state index in [1.54, 1.807) is 13.0 Å². The van der Waals surface area contributed by atoms with Crippen LogP contribution in [0.2, 0.25) is 5.02 Å². The molecule has 4 N–H and O–H groups in total. The van der Waals surface area contributed by atoms with Crippen LogP contribution in [0.25, 0.3) is 0 Å². The Morgan fingerprint density at radius 2 is 2.27 bits per heavy atom. The molecule has 1 aromatic heterocycles. The zero-order chi connectivity index (χ0) is 16.3. The standard InChI is InChI=1S/C13H17ClN4O4/c1-7-2-3-8(6-18(7)13(20)21)12(19)22-17-11(15)10-4-9(14)5-16-10/h4-5,7-8,16H,2-3,6H2,1H3,(H2,15,17)(H,20,21)/t7-,8?/m1/s1. The summed E-state index contributed by atoms with van der Waals surface area (Å²) in [5, 5.41) is 13.1. The monoisotopic (exact) mass is 328 g/mol. The van der Waals surface area contributed by atoms with E-state index in [2.05, 4.69) is 10.1 Å². The number of hydrogen-bond acceptors (Lipinski definition) is 4. The van der Waals surface area contributed by atoms with Crippen molar-refractivity contribution in [2.24, 2.45) is 16.8 Å². The van der Waals surface area contributed by atoms with Gasteiger partial charge >= 0.3 is 12.1 Å². The molecule has 0 radical (unpaired) electrons. The first-order chi connectivity index (χ1) is 10.4. The smallest absolute Gasteiger partial charge is 0.407 e. The van der Waals surface area contributed by atoms with E-state index in [0.29, 0.717) is 23.6 Å². The van der Waals surface area contributed by atoms with Gasteiger partial charge in [-0.25, -0.2) is 9.59 Å². The topological polar surface area (TPSA) is 121 Å². The van der Waals surface area contributed by atoms with E-state index in [1.165, 1.54) is 11.1 Å². The second-order valence-corrected chi connectivity index (χ2v) is 5.61. The summed E-state index contributed by atoms with van der Waals surface area (Å²) in [7, 11) is 0. The Labute approximate surface area is 131 Å². The molecular weight excluding hydrogens is 312 g/mol. The minimum Gasteiger partial charge on any atom is -0.465 e. The lowest BCUT2D eigenvalue weighted by atomic mass is 9.94. The Hall–Kier alpha value is -2.22. The molecule has 0 saturated carbocycles. The molecule has 0 aromatic carbocycles. The number of piperidine rings is 1. The predicted molar refractivity (Wildman–Crippen MR) is 79.5 cm³/mol. The number of likely N-dealkylation sites (tertiary alicyclic amines) is 1. The van der Waals surface area contributed by atoms with Crippen LogP contribution in [0.4, 0.5) is 4.79 Å². The zero-order valence-electron chi connectivity index (χ0n) is 12.0. The van der Waals surface area contributed by atoms with E-state index >= 15 is 0 Å². The third-order valence-electron chi connectivity index (χ3n) is 3.62. The molecule has 120 valence electrons. The number of carbonyl (C=O) groups excluding carboxylic acids is 1. The van der Waals surface area contributed by atoms with Gasteiger partial charge in [0.05, 0.1) is 16.6 Å². The van der Waals surface area contributed by atoms with Gasteiger partial charge < -0.3 is 25.6 Å². The summed E-state index contributed by atoms with van der Waals surface area (Å²) in [4.78, 5) is 31.9. The van der Waals surface area contributed by atoms with Gasteiger partial charge in [-0.2, -0.15) is 0 Å². The molecule has 1 saturated heterocycles. The number of aromatic amines is 1. The lowest BCUT2D eigenvalue weighted by Crippen LogP contribution is -2.46. The first-order valence-corrected chi connectivity index (χ1v) is 7.14. The molecule has 0 aliphatic carbocycles. The van der Waals surface area contributed by atoms with Crippen LogP contribution in [0.1, 0.15) is 25.5 Å². The van der Waals surface area contributed by atoms with Gasteiger partial charge in [0.25, 0.3) is 0 Å². The molecule has 2 atom stereocenters. The van der Waals surface area contributed by atoms with Gasteiger partial charge in [-0.05, 0) is 25.8 Å². The van der Waals surface area contributed by atoms with Gasteiger partial charge in [-0.1, -0.05) is 16.8 Å². The molecule has 1 aromatic rings. The minimum atomic E-state index is -1.05. The number of amidine groups is 1. The number of carboxylic acid groups (broad SMARTS) is 1. The van der Waals surface area contributed by atoms with Crippen molar-refractivity contribution in [1.29, 1.82) is 0 Å². The van der Waals surface area contributed by atoms with Gasteiger partial charge in [0.1, 0.15) is 0 Å². The van der Waals surface area contributed by atoms with Gasteiger partial charge in [0.2, 0.25) is 0 Å². The Morgan fingerprint density at radius 3 is 2.86 bits per heavy atom. The number of halogens is 1. The van der Waals surface area contributed by atoms with E-state index in [4.69, 9.17) is 27.3 Å². The summed E-state index contributed by atoms with van der Waals surface area (Å²) in [5.41, 5.74) is 6.09. The molecule has 0 bridgehead atoms. The van der Waals surface area contributed by atoms with Crippen LogP contribution >= 0.6 is 11.6 Å². The summed E-state index contributed by atoms with van der Waals surface area (Å²) in [6.07, 6.45) is 1.62. The normalized spacial score (nSPS) is 22.5. The lowest BCUT2D eigenvalue weighted by molar-refractivity contribution is -0.150. The van der Waals surface area contributed by atoms with Crippen LogP contribution in [0.3, 0.4) is 0 Å². The highest BCUT2D eigenvalue weighted by Gasteiger charge is 2.33. The number of nitrogens with zero attached hydrogens (tertiary/aromatic N) is 2. The van der Waals surface area contributed by atoms with Crippen molar-refractivity contribution in [2.75, 3.05) is 6.54 Å². The fraction of sp³-hybridized carbons (Fsp3) is 0.462. The summed E-state index contributed by atoms with van der Waals surface area (Å²) in [5.74, 6) is -1.16. The zero-order valence-corrected chi connectivity index (χ0v) is 12.7. The summed E-state index contributed by atoms with van der Waals surface area (Å²) in [6, 6.07) is 1.43. The Balaban J connectivity index is 1.96. The Bertz CT molecular complexity index is 601. The predicted octanol–water partition coefficient (Wildman–Crippen LogP) is 1.61. The van der Waals surface area contributed by atoms with E-state index in [1.807, 2.05) is 0 Å².